The molecule has 0 saturated heterocycles. The quantitative estimate of drug-likeness (QED) is 0.431. The van der Waals surface area contributed by atoms with Crippen molar-refractivity contribution in [3.63, 3.8) is 0 Å². The highest BCUT2D eigenvalue weighted by atomic mass is 32.1. The Morgan fingerprint density at radius 1 is 1.00 bits per heavy atom. The van der Waals surface area contributed by atoms with Gasteiger partial charge in [0.15, 0.2) is 0 Å². The molecule has 2 aromatic carbocycles. The summed E-state index contributed by atoms with van der Waals surface area (Å²) in [6.07, 6.45) is 2.65. The Bertz CT molecular complexity index is 1060. The summed E-state index contributed by atoms with van der Waals surface area (Å²) in [7, 11) is 0. The summed E-state index contributed by atoms with van der Waals surface area (Å²) in [6, 6.07) is 21.9. The molecule has 0 saturated carbocycles. The van der Waals surface area contributed by atoms with Crippen molar-refractivity contribution >= 4 is 22.9 Å². The number of benzene rings is 2. The van der Waals surface area contributed by atoms with E-state index in [0.29, 0.717) is 24.6 Å². The van der Waals surface area contributed by atoms with E-state index < -0.39 is 0 Å². The number of para-hydroxylation sites is 1. The second-order valence-electron chi connectivity index (χ2n) is 6.71. The molecular weight excluding hydrogens is 382 g/mol. The lowest BCUT2D eigenvalue weighted by atomic mass is 10.1. The van der Waals surface area contributed by atoms with Crippen LogP contribution in [0.3, 0.4) is 0 Å². The third-order valence-corrected chi connectivity index (χ3v) is 5.42. The zero-order valence-electron chi connectivity index (χ0n) is 15.9. The smallest absolute Gasteiger partial charge is 0.231 e. The van der Waals surface area contributed by atoms with Crippen molar-refractivity contribution in [2.45, 2.75) is 25.7 Å². The van der Waals surface area contributed by atoms with Gasteiger partial charge in [-0.3, -0.25) is 4.79 Å². The summed E-state index contributed by atoms with van der Waals surface area (Å²) < 4.78 is 5.40. The average Bonchev–Trinajstić information content (AvgIpc) is 3.42. The molecule has 2 aromatic heterocycles. The third-order valence-electron chi connectivity index (χ3n) is 4.55. The van der Waals surface area contributed by atoms with Crippen LogP contribution in [0.4, 0.5) is 5.69 Å². The molecule has 4 aromatic rings. The number of anilines is 1. The zero-order chi connectivity index (χ0) is 19.9. The van der Waals surface area contributed by atoms with Gasteiger partial charge in [-0.15, -0.1) is 11.3 Å². The second kappa shape index (κ2) is 9.30. The highest BCUT2D eigenvalue weighted by molar-refractivity contribution is 7.13. The van der Waals surface area contributed by atoms with E-state index in [4.69, 9.17) is 4.52 Å². The van der Waals surface area contributed by atoms with Crippen LogP contribution in [-0.4, -0.2) is 16.0 Å². The minimum absolute atomic E-state index is 0.0122. The third kappa shape index (κ3) is 5.18. The number of nitrogens with one attached hydrogen (secondary N) is 1. The van der Waals surface area contributed by atoms with E-state index in [-0.39, 0.29) is 5.91 Å². The van der Waals surface area contributed by atoms with Crippen molar-refractivity contribution in [1.29, 1.82) is 0 Å². The topological polar surface area (TPSA) is 68.0 Å². The van der Waals surface area contributed by atoms with E-state index >= 15 is 0 Å². The van der Waals surface area contributed by atoms with Crippen molar-refractivity contribution < 1.29 is 9.32 Å². The maximum atomic E-state index is 12.4. The highest BCUT2D eigenvalue weighted by Gasteiger charge is 2.13. The van der Waals surface area contributed by atoms with Crippen LogP contribution in [-0.2, 0) is 17.6 Å². The molecule has 4 rings (SSSR count). The lowest BCUT2D eigenvalue weighted by Gasteiger charge is -2.10. The molecule has 0 fully saturated rings. The van der Waals surface area contributed by atoms with Gasteiger partial charge in [-0.1, -0.05) is 59.8 Å². The van der Waals surface area contributed by atoms with E-state index in [2.05, 4.69) is 27.6 Å². The van der Waals surface area contributed by atoms with Gasteiger partial charge in [0.05, 0.1) is 11.3 Å². The standard InChI is InChI=1S/C23H21N3O2S/c27-21(14-6-10-17-8-2-1-3-9-17)24-19-12-5-4-11-18(19)16-22-25-23(26-28-22)20-13-7-15-29-20/h1-5,7-9,11-13,15H,6,10,14,16H2,(H,24,27). The van der Waals surface area contributed by atoms with Crippen molar-refractivity contribution in [3.05, 3.63) is 89.1 Å². The Kier molecular flexibility index (Phi) is 6.12. The van der Waals surface area contributed by atoms with Crippen LogP contribution in [0.1, 0.15) is 29.9 Å². The molecular formula is C23H21N3O2S. The zero-order valence-corrected chi connectivity index (χ0v) is 16.7. The molecule has 146 valence electrons. The highest BCUT2D eigenvalue weighted by Crippen LogP contribution is 2.24. The van der Waals surface area contributed by atoms with Crippen LogP contribution in [0.25, 0.3) is 10.7 Å². The van der Waals surface area contributed by atoms with Crippen LogP contribution in [0, 0.1) is 0 Å². The summed E-state index contributed by atoms with van der Waals surface area (Å²) in [5, 5.41) is 9.06. The summed E-state index contributed by atoms with van der Waals surface area (Å²) in [5.74, 6) is 1.13. The van der Waals surface area contributed by atoms with E-state index in [0.717, 1.165) is 29.0 Å². The van der Waals surface area contributed by atoms with Crippen LogP contribution in [0.15, 0.2) is 76.6 Å². The summed E-state index contributed by atoms with van der Waals surface area (Å²) in [6.45, 7) is 0. The minimum atomic E-state index is 0.0122. The first-order chi connectivity index (χ1) is 14.3. The summed E-state index contributed by atoms with van der Waals surface area (Å²) >= 11 is 1.57. The first kappa shape index (κ1) is 19.1. The van der Waals surface area contributed by atoms with E-state index in [1.54, 1.807) is 11.3 Å². The molecule has 29 heavy (non-hydrogen) atoms. The molecule has 0 aliphatic carbocycles. The number of carbonyl (C=O) groups is 1. The molecule has 0 bridgehead atoms. The van der Waals surface area contributed by atoms with Crippen LogP contribution in [0.5, 0.6) is 0 Å². The van der Waals surface area contributed by atoms with E-state index in [1.807, 2.05) is 60.0 Å². The van der Waals surface area contributed by atoms with Gasteiger partial charge in [0.25, 0.3) is 0 Å². The number of hydrogen-bond donors (Lipinski definition) is 1. The lowest BCUT2D eigenvalue weighted by molar-refractivity contribution is -0.116. The fourth-order valence-electron chi connectivity index (χ4n) is 3.10. The molecule has 0 aliphatic rings. The van der Waals surface area contributed by atoms with Gasteiger partial charge in [-0.25, -0.2) is 0 Å². The predicted molar refractivity (Wildman–Crippen MR) is 115 cm³/mol. The number of aryl methyl sites for hydroxylation is 1. The van der Waals surface area contributed by atoms with Crippen molar-refractivity contribution in [1.82, 2.24) is 10.1 Å². The van der Waals surface area contributed by atoms with Gasteiger partial charge in [0.2, 0.25) is 17.6 Å². The predicted octanol–water partition coefficient (Wildman–Crippen LogP) is 5.35. The number of hydrogen-bond acceptors (Lipinski definition) is 5. The van der Waals surface area contributed by atoms with E-state index in [1.165, 1.54) is 5.56 Å². The van der Waals surface area contributed by atoms with Crippen molar-refractivity contribution in [2.75, 3.05) is 5.32 Å². The molecule has 1 amide bonds. The van der Waals surface area contributed by atoms with Gasteiger partial charge in [-0.2, -0.15) is 4.98 Å². The Hall–Kier alpha value is -3.25. The Morgan fingerprint density at radius 3 is 2.66 bits per heavy atom. The lowest BCUT2D eigenvalue weighted by Crippen LogP contribution is -2.13. The maximum Gasteiger partial charge on any atom is 0.231 e. The number of rotatable bonds is 8. The molecule has 0 radical (unpaired) electrons. The largest absolute Gasteiger partial charge is 0.339 e. The fraction of sp³-hybridized carbons (Fsp3) is 0.174. The Balaban J connectivity index is 1.36. The number of nitrogens with zero attached hydrogens (tertiary/aromatic N) is 2. The molecule has 0 aliphatic heterocycles. The number of amides is 1. The fourth-order valence-corrected chi connectivity index (χ4v) is 3.75. The van der Waals surface area contributed by atoms with Crippen LogP contribution < -0.4 is 5.32 Å². The molecule has 0 atom stereocenters. The maximum absolute atomic E-state index is 12.4. The van der Waals surface area contributed by atoms with Gasteiger partial charge >= 0.3 is 0 Å². The average molecular weight is 404 g/mol. The molecule has 0 unspecified atom stereocenters. The van der Waals surface area contributed by atoms with Gasteiger partial charge in [0, 0.05) is 12.1 Å². The second-order valence-corrected chi connectivity index (χ2v) is 7.66. The number of thiophene rings is 1. The SMILES string of the molecule is O=C(CCCc1ccccc1)Nc1ccccc1Cc1nc(-c2cccs2)no1. The monoisotopic (exact) mass is 403 g/mol. The minimum Gasteiger partial charge on any atom is -0.339 e. The van der Waals surface area contributed by atoms with Crippen LogP contribution >= 0.6 is 11.3 Å². The number of aromatic nitrogens is 2. The molecule has 5 nitrogen and oxygen atoms in total. The normalized spacial score (nSPS) is 10.8. The van der Waals surface area contributed by atoms with Gasteiger partial charge < -0.3 is 9.84 Å². The van der Waals surface area contributed by atoms with Crippen molar-refractivity contribution in [3.8, 4) is 10.7 Å². The Morgan fingerprint density at radius 2 is 1.83 bits per heavy atom. The Labute approximate surface area is 173 Å². The molecule has 6 heteroatoms. The first-order valence-corrected chi connectivity index (χ1v) is 10.4. The number of carbonyl (C=O) groups excluding carboxylic acids is 1. The molecule has 0 spiro atoms. The van der Waals surface area contributed by atoms with E-state index in [9.17, 15) is 4.79 Å². The van der Waals surface area contributed by atoms with Gasteiger partial charge in [0.1, 0.15) is 0 Å². The summed E-state index contributed by atoms with van der Waals surface area (Å²) in [5.41, 5.74) is 2.98. The van der Waals surface area contributed by atoms with Gasteiger partial charge in [-0.05, 0) is 41.5 Å². The first-order valence-electron chi connectivity index (χ1n) is 9.56. The van der Waals surface area contributed by atoms with Crippen molar-refractivity contribution in [2.24, 2.45) is 0 Å². The summed E-state index contributed by atoms with van der Waals surface area (Å²) in [4.78, 5) is 17.8. The molecule has 1 N–H and O–H groups in total. The van der Waals surface area contributed by atoms with Crippen LogP contribution in [0.2, 0.25) is 0 Å². The molecule has 2 heterocycles.